The van der Waals surface area contributed by atoms with Gasteiger partial charge in [0.05, 0.1) is 0 Å². The molecule has 3 aromatic rings. The standard InChI is InChI=1S/C33H41BrN2O2/c1-32(2,3)27-18-15-24(16-19-27)17-20-30(37)36(23-26-13-10-14-28(34)21-26)29(31(38)35-33(4,5)6)22-25-11-8-7-9-12-25/h7-16,18-19,21,29H,17,20,22-23H2,1-6H3,(H,35,38). The maximum absolute atomic E-state index is 13.9. The second-order valence-corrected chi connectivity index (χ2v) is 13.0. The van der Waals surface area contributed by atoms with Crippen LogP contribution in [0.5, 0.6) is 0 Å². The highest BCUT2D eigenvalue weighted by molar-refractivity contribution is 9.10. The zero-order chi connectivity index (χ0) is 27.9. The van der Waals surface area contributed by atoms with E-state index in [2.05, 4.69) is 66.3 Å². The number of aryl methyl sites for hydroxylation is 1. The largest absolute Gasteiger partial charge is 0.350 e. The van der Waals surface area contributed by atoms with Crippen molar-refractivity contribution in [2.75, 3.05) is 0 Å². The van der Waals surface area contributed by atoms with E-state index in [4.69, 9.17) is 0 Å². The quantitative estimate of drug-likeness (QED) is 0.292. The minimum atomic E-state index is -0.633. The summed E-state index contributed by atoms with van der Waals surface area (Å²) in [7, 11) is 0. The Morgan fingerprint density at radius 3 is 2.03 bits per heavy atom. The number of carbonyl (C=O) groups excluding carboxylic acids is 2. The molecule has 0 saturated carbocycles. The number of benzene rings is 3. The first-order chi connectivity index (χ1) is 17.8. The van der Waals surface area contributed by atoms with E-state index < -0.39 is 11.6 Å². The molecule has 0 aliphatic rings. The molecule has 0 saturated heterocycles. The van der Waals surface area contributed by atoms with Gasteiger partial charge in [-0.15, -0.1) is 0 Å². The lowest BCUT2D eigenvalue weighted by molar-refractivity contribution is -0.141. The molecule has 0 spiro atoms. The van der Waals surface area contributed by atoms with Gasteiger partial charge in [-0.25, -0.2) is 0 Å². The van der Waals surface area contributed by atoms with Crippen LogP contribution in [0.4, 0.5) is 0 Å². The fraction of sp³-hybridized carbons (Fsp3) is 0.394. The van der Waals surface area contributed by atoms with E-state index in [1.165, 1.54) is 5.56 Å². The molecular formula is C33H41BrN2O2. The van der Waals surface area contributed by atoms with E-state index >= 15 is 0 Å². The molecule has 4 nitrogen and oxygen atoms in total. The lowest BCUT2D eigenvalue weighted by Gasteiger charge is -2.34. The first kappa shape index (κ1) is 29.6. The van der Waals surface area contributed by atoms with E-state index in [1.807, 2.05) is 75.4 Å². The topological polar surface area (TPSA) is 49.4 Å². The SMILES string of the molecule is CC(C)(C)NC(=O)C(Cc1ccccc1)N(Cc1cccc(Br)c1)C(=O)CCc1ccc(C(C)(C)C)cc1. The number of carbonyl (C=O) groups is 2. The predicted molar refractivity (Wildman–Crippen MR) is 160 cm³/mol. The summed E-state index contributed by atoms with van der Waals surface area (Å²) < 4.78 is 0.945. The van der Waals surface area contributed by atoms with Crippen molar-refractivity contribution in [3.05, 3.63) is 106 Å². The zero-order valence-electron chi connectivity index (χ0n) is 23.6. The number of nitrogens with one attached hydrogen (secondary N) is 1. The summed E-state index contributed by atoms with van der Waals surface area (Å²) in [4.78, 5) is 29.3. The molecule has 3 aromatic carbocycles. The van der Waals surface area contributed by atoms with Gasteiger partial charge in [0.25, 0.3) is 0 Å². The molecule has 0 fully saturated rings. The molecule has 38 heavy (non-hydrogen) atoms. The van der Waals surface area contributed by atoms with Crippen LogP contribution in [0.1, 0.15) is 70.2 Å². The van der Waals surface area contributed by atoms with Crippen LogP contribution in [-0.4, -0.2) is 28.3 Å². The van der Waals surface area contributed by atoms with E-state index in [0.717, 1.165) is 21.2 Å². The molecule has 0 aromatic heterocycles. The average molecular weight is 578 g/mol. The number of nitrogens with zero attached hydrogens (tertiary/aromatic N) is 1. The van der Waals surface area contributed by atoms with Crippen molar-refractivity contribution < 1.29 is 9.59 Å². The third-order valence-electron chi connectivity index (χ3n) is 6.46. The lowest BCUT2D eigenvalue weighted by Crippen LogP contribution is -2.54. The molecule has 0 heterocycles. The van der Waals surface area contributed by atoms with Crippen molar-refractivity contribution in [3.63, 3.8) is 0 Å². The van der Waals surface area contributed by atoms with Gasteiger partial charge in [0.15, 0.2) is 0 Å². The summed E-state index contributed by atoms with van der Waals surface area (Å²) in [6, 6.07) is 25.7. The Morgan fingerprint density at radius 2 is 1.45 bits per heavy atom. The van der Waals surface area contributed by atoms with Gasteiger partial charge in [-0.1, -0.05) is 103 Å². The Balaban J connectivity index is 1.90. The highest BCUT2D eigenvalue weighted by Crippen LogP contribution is 2.23. The highest BCUT2D eigenvalue weighted by Gasteiger charge is 2.32. The molecule has 2 amide bonds. The van der Waals surface area contributed by atoms with Gasteiger partial charge >= 0.3 is 0 Å². The van der Waals surface area contributed by atoms with Crippen LogP contribution in [0.3, 0.4) is 0 Å². The first-order valence-corrected chi connectivity index (χ1v) is 14.1. The number of halogens is 1. The summed E-state index contributed by atoms with van der Waals surface area (Å²) in [5.41, 5.74) is 4.05. The van der Waals surface area contributed by atoms with Gasteiger partial charge < -0.3 is 10.2 Å². The second-order valence-electron chi connectivity index (χ2n) is 12.0. The number of amides is 2. The summed E-state index contributed by atoms with van der Waals surface area (Å²) in [5, 5.41) is 3.12. The van der Waals surface area contributed by atoms with Crippen LogP contribution in [-0.2, 0) is 34.4 Å². The molecule has 0 bridgehead atoms. The molecule has 1 unspecified atom stereocenters. The van der Waals surface area contributed by atoms with Crippen LogP contribution in [0, 0.1) is 0 Å². The first-order valence-electron chi connectivity index (χ1n) is 13.3. The second kappa shape index (κ2) is 12.8. The predicted octanol–water partition coefficient (Wildman–Crippen LogP) is 7.23. The van der Waals surface area contributed by atoms with E-state index in [-0.39, 0.29) is 17.2 Å². The number of hydrogen-bond donors (Lipinski definition) is 1. The highest BCUT2D eigenvalue weighted by atomic mass is 79.9. The molecule has 1 atom stereocenters. The van der Waals surface area contributed by atoms with Crippen LogP contribution >= 0.6 is 15.9 Å². The zero-order valence-corrected chi connectivity index (χ0v) is 25.1. The summed E-state index contributed by atoms with van der Waals surface area (Å²) >= 11 is 3.55. The van der Waals surface area contributed by atoms with Crippen LogP contribution < -0.4 is 5.32 Å². The number of hydrogen-bond acceptors (Lipinski definition) is 2. The summed E-state index contributed by atoms with van der Waals surface area (Å²) in [6.07, 6.45) is 1.40. The Bertz CT molecular complexity index is 1210. The molecule has 0 aliphatic heterocycles. The molecule has 0 radical (unpaired) electrons. The maximum atomic E-state index is 13.9. The molecular weight excluding hydrogens is 536 g/mol. The van der Waals surface area contributed by atoms with Crippen molar-refractivity contribution >= 4 is 27.7 Å². The van der Waals surface area contributed by atoms with Crippen LogP contribution in [0.15, 0.2) is 83.3 Å². The molecule has 3 rings (SSSR count). The summed E-state index contributed by atoms with van der Waals surface area (Å²) in [5.74, 6) is -0.172. The van der Waals surface area contributed by atoms with Crippen molar-refractivity contribution in [2.45, 2.75) is 84.3 Å². The number of rotatable bonds is 9. The average Bonchev–Trinajstić information content (AvgIpc) is 2.84. The Labute approximate surface area is 237 Å². The molecule has 5 heteroatoms. The van der Waals surface area contributed by atoms with Gasteiger partial charge in [-0.05, 0) is 67.0 Å². The van der Waals surface area contributed by atoms with Crippen molar-refractivity contribution in [2.24, 2.45) is 0 Å². The Hall–Kier alpha value is -2.92. The lowest BCUT2D eigenvalue weighted by atomic mass is 9.86. The van der Waals surface area contributed by atoms with Gasteiger partial charge in [-0.2, -0.15) is 0 Å². The fourth-order valence-corrected chi connectivity index (χ4v) is 4.85. The third-order valence-corrected chi connectivity index (χ3v) is 6.95. The third kappa shape index (κ3) is 9.13. The van der Waals surface area contributed by atoms with Crippen molar-refractivity contribution in [1.82, 2.24) is 10.2 Å². The smallest absolute Gasteiger partial charge is 0.243 e. The van der Waals surface area contributed by atoms with Gasteiger partial charge in [0, 0.05) is 29.4 Å². The van der Waals surface area contributed by atoms with Crippen molar-refractivity contribution in [1.29, 1.82) is 0 Å². The van der Waals surface area contributed by atoms with E-state index in [0.29, 0.717) is 25.8 Å². The normalized spacial score (nSPS) is 12.6. The molecule has 1 N–H and O–H groups in total. The van der Waals surface area contributed by atoms with E-state index in [9.17, 15) is 9.59 Å². The monoisotopic (exact) mass is 576 g/mol. The molecule has 202 valence electrons. The fourth-order valence-electron chi connectivity index (χ4n) is 4.41. The van der Waals surface area contributed by atoms with Gasteiger partial charge in [-0.3, -0.25) is 9.59 Å². The van der Waals surface area contributed by atoms with E-state index in [1.54, 1.807) is 4.90 Å². The Kier molecular flexibility index (Phi) is 9.94. The van der Waals surface area contributed by atoms with Gasteiger partial charge in [0.2, 0.25) is 11.8 Å². The summed E-state index contributed by atoms with van der Waals surface area (Å²) in [6.45, 7) is 12.8. The van der Waals surface area contributed by atoms with Gasteiger partial charge in [0.1, 0.15) is 6.04 Å². The molecule has 0 aliphatic carbocycles. The maximum Gasteiger partial charge on any atom is 0.243 e. The van der Waals surface area contributed by atoms with Crippen molar-refractivity contribution in [3.8, 4) is 0 Å². The van der Waals surface area contributed by atoms with Crippen LogP contribution in [0.25, 0.3) is 0 Å². The minimum absolute atomic E-state index is 0.0325. The minimum Gasteiger partial charge on any atom is -0.350 e. The Morgan fingerprint density at radius 1 is 0.816 bits per heavy atom. The van der Waals surface area contributed by atoms with Crippen LogP contribution in [0.2, 0.25) is 0 Å².